The Balaban J connectivity index is 4.16. The first kappa shape index (κ1) is 17.8. The fraction of sp³-hybridized carbons (Fsp3) is 1.00. The van der Waals surface area contributed by atoms with Gasteiger partial charge in [0, 0.05) is 13.0 Å². The first-order valence-corrected chi connectivity index (χ1v) is 6.74. The average molecular weight is 268 g/mol. The molecule has 0 N–H and O–H groups in total. The van der Waals surface area contributed by atoms with Gasteiger partial charge < -0.3 is 4.74 Å². The molecule has 0 aromatic rings. The van der Waals surface area contributed by atoms with Crippen LogP contribution in [0, 0.1) is 5.41 Å². The van der Waals surface area contributed by atoms with Gasteiger partial charge in [-0.25, -0.2) is 0 Å². The Hall–Kier alpha value is -0.250. The quantitative estimate of drug-likeness (QED) is 0.577. The van der Waals surface area contributed by atoms with E-state index in [1.54, 1.807) is 6.92 Å². The summed E-state index contributed by atoms with van der Waals surface area (Å²) in [5.41, 5.74) is -0.460. The van der Waals surface area contributed by atoms with Gasteiger partial charge in [0.1, 0.15) is 0 Å². The molecule has 0 aliphatic carbocycles. The molecule has 0 aromatic carbocycles. The molecule has 1 unspecified atom stereocenters. The van der Waals surface area contributed by atoms with Gasteiger partial charge in [-0.3, -0.25) is 0 Å². The lowest BCUT2D eigenvalue weighted by Crippen LogP contribution is -2.31. The summed E-state index contributed by atoms with van der Waals surface area (Å²) in [6.07, 6.45) is -2.29. The number of halogens is 3. The molecule has 0 spiro atoms. The predicted molar refractivity (Wildman–Crippen MR) is 68.6 cm³/mol. The van der Waals surface area contributed by atoms with Gasteiger partial charge in [0.25, 0.3) is 0 Å². The maximum absolute atomic E-state index is 12.2. The number of alkyl halides is 3. The normalized spacial score (nSPS) is 16.7. The number of hydrogen-bond donors (Lipinski definition) is 0. The fourth-order valence-electron chi connectivity index (χ4n) is 1.51. The molecule has 0 saturated heterocycles. The van der Waals surface area contributed by atoms with Crippen molar-refractivity contribution in [3.05, 3.63) is 0 Å². The smallest absolute Gasteiger partial charge is 0.375 e. The lowest BCUT2D eigenvalue weighted by atomic mass is 9.87. The zero-order valence-electron chi connectivity index (χ0n) is 12.3. The molecule has 0 aromatic heterocycles. The predicted octanol–water partition coefficient (Wildman–Crippen LogP) is 5.34. The minimum Gasteiger partial charge on any atom is -0.375 e. The topological polar surface area (TPSA) is 9.23 Å². The Morgan fingerprint density at radius 3 is 1.78 bits per heavy atom. The molecule has 0 radical (unpaired) electrons. The summed E-state index contributed by atoms with van der Waals surface area (Å²) < 4.78 is 42.4. The fourth-order valence-corrected chi connectivity index (χ4v) is 1.51. The van der Waals surface area contributed by atoms with Crippen LogP contribution < -0.4 is 0 Å². The minimum absolute atomic E-state index is 0.0412. The minimum atomic E-state index is -4.09. The van der Waals surface area contributed by atoms with E-state index in [2.05, 4.69) is 20.8 Å². The number of hydrogen-bond acceptors (Lipinski definition) is 1. The second-order valence-electron chi connectivity index (χ2n) is 6.03. The highest BCUT2D eigenvalue weighted by atomic mass is 19.4. The zero-order chi connectivity index (χ0) is 14.4. The summed E-state index contributed by atoms with van der Waals surface area (Å²) in [6.45, 7) is 10.6. The van der Waals surface area contributed by atoms with E-state index in [9.17, 15) is 13.2 Å². The van der Waals surface area contributed by atoms with Gasteiger partial charge >= 0.3 is 6.18 Å². The van der Waals surface area contributed by atoms with E-state index in [1.165, 1.54) is 0 Å². The average Bonchev–Trinajstić information content (AvgIpc) is 2.25. The molecule has 0 aliphatic heterocycles. The second kappa shape index (κ2) is 6.78. The largest absolute Gasteiger partial charge is 0.389 e. The lowest BCUT2D eigenvalue weighted by molar-refractivity contribution is -0.152. The summed E-state index contributed by atoms with van der Waals surface area (Å²) in [5.74, 6) is 0. The van der Waals surface area contributed by atoms with Gasteiger partial charge in [-0.1, -0.05) is 34.1 Å². The molecule has 0 fully saturated rings. The summed E-state index contributed by atoms with van der Waals surface area (Å²) >= 11 is 0. The summed E-state index contributed by atoms with van der Waals surface area (Å²) in [5, 5.41) is 0. The summed E-state index contributed by atoms with van der Waals surface area (Å²) in [4.78, 5) is 0. The standard InChI is InChI=1S/C14H27F3O/c1-6-12(3,4)10-11-18-13(5,7-2)8-9-14(15,16)17/h6-11H2,1-5H3. The molecule has 18 heavy (non-hydrogen) atoms. The first-order valence-electron chi connectivity index (χ1n) is 6.74. The monoisotopic (exact) mass is 268 g/mol. The third-order valence-electron chi connectivity index (χ3n) is 3.87. The maximum Gasteiger partial charge on any atom is 0.389 e. The van der Waals surface area contributed by atoms with E-state index in [-0.39, 0.29) is 11.8 Å². The van der Waals surface area contributed by atoms with E-state index in [0.717, 1.165) is 12.8 Å². The highest BCUT2D eigenvalue weighted by Crippen LogP contribution is 2.31. The van der Waals surface area contributed by atoms with E-state index in [0.29, 0.717) is 13.0 Å². The van der Waals surface area contributed by atoms with Crippen LogP contribution in [0.15, 0.2) is 0 Å². The van der Waals surface area contributed by atoms with Crippen LogP contribution in [0.25, 0.3) is 0 Å². The molecule has 1 atom stereocenters. The Morgan fingerprint density at radius 2 is 1.39 bits per heavy atom. The molecule has 0 heterocycles. The van der Waals surface area contributed by atoms with Crippen LogP contribution in [0.4, 0.5) is 13.2 Å². The SMILES string of the molecule is CCC(C)(C)CCOC(C)(CC)CCC(F)(F)F. The summed E-state index contributed by atoms with van der Waals surface area (Å²) in [7, 11) is 0. The third-order valence-corrected chi connectivity index (χ3v) is 3.87. The molecule has 0 bridgehead atoms. The van der Waals surface area contributed by atoms with Gasteiger partial charge in [-0.05, 0) is 31.6 Å². The zero-order valence-corrected chi connectivity index (χ0v) is 12.3. The molecule has 4 heteroatoms. The highest BCUT2D eigenvalue weighted by Gasteiger charge is 2.33. The van der Waals surface area contributed by atoms with Crippen molar-refractivity contribution < 1.29 is 17.9 Å². The molecule has 0 aliphatic rings. The van der Waals surface area contributed by atoms with Crippen LogP contribution in [-0.2, 0) is 4.74 Å². The Bertz CT molecular complexity index is 236. The van der Waals surface area contributed by atoms with Crippen LogP contribution in [0.5, 0.6) is 0 Å². The van der Waals surface area contributed by atoms with Crippen LogP contribution >= 0.6 is 0 Å². The molecular weight excluding hydrogens is 241 g/mol. The third kappa shape index (κ3) is 7.96. The number of rotatable bonds is 8. The van der Waals surface area contributed by atoms with Crippen LogP contribution in [0.1, 0.15) is 66.7 Å². The Morgan fingerprint density at radius 1 is 0.833 bits per heavy atom. The van der Waals surface area contributed by atoms with Crippen LogP contribution in [-0.4, -0.2) is 18.4 Å². The van der Waals surface area contributed by atoms with Crippen molar-refractivity contribution in [2.24, 2.45) is 5.41 Å². The molecule has 110 valence electrons. The van der Waals surface area contributed by atoms with E-state index >= 15 is 0 Å². The maximum atomic E-state index is 12.2. The van der Waals surface area contributed by atoms with Gasteiger partial charge in [0.15, 0.2) is 0 Å². The van der Waals surface area contributed by atoms with Crippen LogP contribution in [0.2, 0.25) is 0 Å². The molecule has 0 amide bonds. The van der Waals surface area contributed by atoms with Crippen molar-refractivity contribution in [3.8, 4) is 0 Å². The first-order chi connectivity index (χ1) is 8.04. The lowest BCUT2D eigenvalue weighted by Gasteiger charge is -2.31. The van der Waals surface area contributed by atoms with Crippen molar-refractivity contribution in [3.63, 3.8) is 0 Å². The number of ether oxygens (including phenoxy) is 1. The Kier molecular flexibility index (Phi) is 6.69. The van der Waals surface area contributed by atoms with Crippen molar-refractivity contribution in [1.29, 1.82) is 0 Å². The molecule has 0 rings (SSSR count). The van der Waals surface area contributed by atoms with Crippen molar-refractivity contribution in [2.75, 3.05) is 6.61 Å². The Labute approximate surface area is 109 Å². The van der Waals surface area contributed by atoms with Gasteiger partial charge in [-0.2, -0.15) is 13.2 Å². The van der Waals surface area contributed by atoms with Crippen LogP contribution in [0.3, 0.4) is 0 Å². The van der Waals surface area contributed by atoms with Gasteiger partial charge in [0.2, 0.25) is 0 Å². The van der Waals surface area contributed by atoms with Crippen molar-refractivity contribution in [2.45, 2.75) is 78.5 Å². The highest BCUT2D eigenvalue weighted by molar-refractivity contribution is 4.76. The second-order valence-corrected chi connectivity index (χ2v) is 6.03. The molecule has 1 nitrogen and oxygen atoms in total. The van der Waals surface area contributed by atoms with E-state index in [1.807, 2.05) is 6.92 Å². The van der Waals surface area contributed by atoms with Gasteiger partial charge in [0.05, 0.1) is 5.60 Å². The van der Waals surface area contributed by atoms with Crippen molar-refractivity contribution in [1.82, 2.24) is 0 Å². The molecular formula is C14H27F3O. The molecule has 0 saturated carbocycles. The summed E-state index contributed by atoms with van der Waals surface area (Å²) in [6, 6.07) is 0. The van der Waals surface area contributed by atoms with E-state index < -0.39 is 18.2 Å². The van der Waals surface area contributed by atoms with Crippen molar-refractivity contribution >= 4 is 0 Å². The van der Waals surface area contributed by atoms with E-state index in [4.69, 9.17) is 4.74 Å². The van der Waals surface area contributed by atoms with Gasteiger partial charge in [-0.15, -0.1) is 0 Å².